The predicted molar refractivity (Wildman–Crippen MR) is 79.1 cm³/mol. The molecule has 1 N–H and O–H groups in total. The second kappa shape index (κ2) is 5.21. The molecule has 1 aromatic carbocycles. The number of benzene rings is 1. The van der Waals surface area contributed by atoms with Crippen LogP contribution in [0.2, 0.25) is 0 Å². The molecule has 1 aliphatic rings. The van der Waals surface area contributed by atoms with Crippen LogP contribution < -0.4 is 10.1 Å². The minimum absolute atomic E-state index is 0.437. The minimum atomic E-state index is 0.437. The lowest BCUT2D eigenvalue weighted by Gasteiger charge is -2.25. The van der Waals surface area contributed by atoms with E-state index < -0.39 is 0 Å². The molecule has 3 rings (SSSR count). The van der Waals surface area contributed by atoms with E-state index in [1.807, 2.05) is 12.3 Å². The molecule has 2 heterocycles. The van der Waals surface area contributed by atoms with Crippen molar-refractivity contribution in [2.75, 3.05) is 20.2 Å². The van der Waals surface area contributed by atoms with E-state index in [-0.39, 0.29) is 0 Å². The Morgan fingerprint density at radius 3 is 2.60 bits per heavy atom. The largest absolute Gasteiger partial charge is 0.496 e. The zero-order chi connectivity index (χ0) is 14.1. The first-order valence-corrected chi connectivity index (χ1v) is 6.88. The van der Waals surface area contributed by atoms with E-state index in [2.05, 4.69) is 36.3 Å². The van der Waals surface area contributed by atoms with Crippen LogP contribution >= 0.6 is 0 Å². The van der Waals surface area contributed by atoms with Gasteiger partial charge in [0.25, 0.3) is 0 Å². The van der Waals surface area contributed by atoms with Crippen LogP contribution in [0.5, 0.6) is 5.75 Å². The van der Waals surface area contributed by atoms with Crippen molar-refractivity contribution in [2.45, 2.75) is 19.8 Å². The molecule has 0 unspecified atom stereocenters. The summed E-state index contributed by atoms with van der Waals surface area (Å²) in [5.74, 6) is 2.22. The fraction of sp³-hybridized carbons (Fsp3) is 0.375. The molecule has 0 atom stereocenters. The summed E-state index contributed by atoms with van der Waals surface area (Å²) in [5, 5.41) is 3.25. The van der Waals surface area contributed by atoms with Gasteiger partial charge in [0.05, 0.1) is 12.8 Å². The Morgan fingerprint density at radius 1 is 1.20 bits per heavy atom. The third-order valence-corrected chi connectivity index (χ3v) is 3.91. The van der Waals surface area contributed by atoms with E-state index in [1.54, 1.807) is 7.11 Å². The van der Waals surface area contributed by atoms with Crippen molar-refractivity contribution in [1.82, 2.24) is 15.3 Å². The van der Waals surface area contributed by atoms with Crippen LogP contribution in [0.4, 0.5) is 0 Å². The number of ether oxygens (including phenoxy) is 1. The topological polar surface area (TPSA) is 47.0 Å². The van der Waals surface area contributed by atoms with Gasteiger partial charge in [0.2, 0.25) is 0 Å². The minimum Gasteiger partial charge on any atom is -0.496 e. The maximum atomic E-state index is 5.50. The number of aromatic nitrogens is 2. The van der Waals surface area contributed by atoms with Crippen molar-refractivity contribution in [3.63, 3.8) is 0 Å². The Hall–Kier alpha value is -1.94. The number of nitrogens with zero attached hydrogens (tertiary/aromatic N) is 2. The molecule has 1 fully saturated rings. The molecule has 1 aliphatic heterocycles. The maximum Gasteiger partial charge on any atom is 0.134 e. The van der Waals surface area contributed by atoms with Gasteiger partial charge in [-0.25, -0.2) is 9.97 Å². The van der Waals surface area contributed by atoms with Crippen LogP contribution in [0.15, 0.2) is 24.4 Å². The van der Waals surface area contributed by atoms with Gasteiger partial charge in [-0.1, -0.05) is 0 Å². The molecule has 0 radical (unpaired) electrons. The van der Waals surface area contributed by atoms with Crippen molar-refractivity contribution in [1.29, 1.82) is 0 Å². The van der Waals surface area contributed by atoms with Crippen molar-refractivity contribution in [3.8, 4) is 17.0 Å². The van der Waals surface area contributed by atoms with Crippen LogP contribution in [-0.2, 0) is 0 Å². The second-order valence-corrected chi connectivity index (χ2v) is 5.29. The zero-order valence-corrected chi connectivity index (χ0v) is 12.1. The van der Waals surface area contributed by atoms with Gasteiger partial charge in [0, 0.05) is 30.8 Å². The summed E-state index contributed by atoms with van der Waals surface area (Å²) in [7, 11) is 1.70. The van der Waals surface area contributed by atoms with Crippen molar-refractivity contribution < 1.29 is 4.74 Å². The first-order valence-electron chi connectivity index (χ1n) is 6.88. The van der Waals surface area contributed by atoms with Gasteiger partial charge >= 0.3 is 0 Å². The lowest BCUT2D eigenvalue weighted by atomic mass is 10.0. The molecule has 1 aromatic heterocycles. The van der Waals surface area contributed by atoms with E-state index >= 15 is 0 Å². The average Bonchev–Trinajstić information content (AvgIpc) is 2.40. The number of rotatable bonds is 3. The smallest absolute Gasteiger partial charge is 0.134 e. The van der Waals surface area contributed by atoms with E-state index in [4.69, 9.17) is 9.72 Å². The quantitative estimate of drug-likeness (QED) is 0.929. The van der Waals surface area contributed by atoms with E-state index in [9.17, 15) is 0 Å². The molecule has 0 amide bonds. The summed E-state index contributed by atoms with van der Waals surface area (Å²) in [6.07, 6.45) is 1.84. The molecule has 1 saturated heterocycles. The van der Waals surface area contributed by atoms with Gasteiger partial charge in [0.1, 0.15) is 11.6 Å². The molecule has 0 saturated carbocycles. The summed E-state index contributed by atoms with van der Waals surface area (Å²) in [6, 6.07) is 6.15. The summed E-state index contributed by atoms with van der Waals surface area (Å²) in [6.45, 7) is 6.13. The summed E-state index contributed by atoms with van der Waals surface area (Å²) < 4.78 is 5.50. The third kappa shape index (κ3) is 2.27. The van der Waals surface area contributed by atoms with Crippen molar-refractivity contribution >= 4 is 0 Å². The molecule has 20 heavy (non-hydrogen) atoms. The molecule has 4 heteroatoms. The van der Waals surface area contributed by atoms with E-state index in [1.165, 1.54) is 11.1 Å². The maximum absolute atomic E-state index is 5.50. The SMILES string of the molecule is COc1cc(C)c(C)cc1-c1ccnc(C2CNC2)n1. The average molecular weight is 269 g/mol. The molecule has 0 bridgehead atoms. The Balaban J connectivity index is 2.05. The summed E-state index contributed by atoms with van der Waals surface area (Å²) in [4.78, 5) is 9.10. The molecule has 4 nitrogen and oxygen atoms in total. The lowest BCUT2D eigenvalue weighted by Crippen LogP contribution is -2.40. The Bertz CT molecular complexity index is 636. The van der Waals surface area contributed by atoms with Gasteiger partial charge in [-0.3, -0.25) is 0 Å². The molecule has 104 valence electrons. The highest BCUT2D eigenvalue weighted by atomic mass is 16.5. The first-order chi connectivity index (χ1) is 9.69. The summed E-state index contributed by atoms with van der Waals surface area (Å²) in [5.41, 5.74) is 4.43. The van der Waals surface area contributed by atoms with Crippen molar-refractivity contribution in [3.05, 3.63) is 41.3 Å². The van der Waals surface area contributed by atoms with Gasteiger partial charge in [0.15, 0.2) is 0 Å². The van der Waals surface area contributed by atoms with Gasteiger partial charge < -0.3 is 10.1 Å². The highest BCUT2D eigenvalue weighted by Gasteiger charge is 2.22. The van der Waals surface area contributed by atoms with E-state index in [0.29, 0.717) is 5.92 Å². The molecule has 2 aromatic rings. The molecule has 0 spiro atoms. The summed E-state index contributed by atoms with van der Waals surface area (Å²) >= 11 is 0. The zero-order valence-electron chi connectivity index (χ0n) is 12.1. The highest BCUT2D eigenvalue weighted by Crippen LogP contribution is 2.32. The normalized spacial score (nSPS) is 14.9. The third-order valence-electron chi connectivity index (χ3n) is 3.91. The predicted octanol–water partition coefficient (Wildman–Crippen LogP) is 2.46. The first kappa shape index (κ1) is 13.1. The van der Waals surface area contributed by atoms with Crippen molar-refractivity contribution in [2.24, 2.45) is 0 Å². The fourth-order valence-electron chi connectivity index (χ4n) is 2.35. The van der Waals surface area contributed by atoms with Crippen LogP contribution in [-0.4, -0.2) is 30.2 Å². The highest BCUT2D eigenvalue weighted by molar-refractivity contribution is 5.69. The van der Waals surface area contributed by atoms with Crippen LogP contribution in [0, 0.1) is 13.8 Å². The van der Waals surface area contributed by atoms with Crippen LogP contribution in [0.25, 0.3) is 11.3 Å². The van der Waals surface area contributed by atoms with Gasteiger partial charge in [-0.2, -0.15) is 0 Å². The number of hydrogen-bond donors (Lipinski definition) is 1. The number of aryl methyl sites for hydroxylation is 2. The standard InChI is InChI=1S/C16H19N3O/c1-10-6-13(15(20-3)7-11(10)2)14-4-5-18-16(19-14)12-8-17-9-12/h4-7,12,17H,8-9H2,1-3H3. The Morgan fingerprint density at radius 2 is 1.95 bits per heavy atom. The number of hydrogen-bond acceptors (Lipinski definition) is 4. The van der Waals surface area contributed by atoms with Gasteiger partial charge in [-0.15, -0.1) is 0 Å². The number of nitrogens with one attached hydrogen (secondary N) is 1. The molecular formula is C16H19N3O. The Labute approximate surface area is 119 Å². The van der Waals surface area contributed by atoms with Gasteiger partial charge in [-0.05, 0) is 43.2 Å². The van der Waals surface area contributed by atoms with Crippen LogP contribution in [0.3, 0.4) is 0 Å². The monoisotopic (exact) mass is 269 g/mol. The lowest BCUT2D eigenvalue weighted by molar-refractivity contribution is 0.415. The molecular weight excluding hydrogens is 250 g/mol. The fourth-order valence-corrected chi connectivity index (χ4v) is 2.35. The Kier molecular flexibility index (Phi) is 3.40. The molecule has 0 aliphatic carbocycles. The van der Waals surface area contributed by atoms with E-state index in [0.717, 1.165) is 35.9 Å². The number of methoxy groups -OCH3 is 1. The van der Waals surface area contributed by atoms with Crippen LogP contribution in [0.1, 0.15) is 22.9 Å². The second-order valence-electron chi connectivity index (χ2n) is 5.29.